The van der Waals surface area contributed by atoms with E-state index in [4.69, 9.17) is 9.47 Å². The molecule has 1 saturated heterocycles. The second-order valence-electron chi connectivity index (χ2n) is 5.20. The molecule has 1 aliphatic heterocycles. The van der Waals surface area contributed by atoms with E-state index in [1.54, 1.807) is 20.8 Å². The van der Waals surface area contributed by atoms with Crippen LogP contribution in [-0.2, 0) is 9.47 Å². The quantitative estimate of drug-likeness (QED) is 0.708. The molecule has 0 aliphatic carbocycles. The van der Waals surface area contributed by atoms with Crippen molar-refractivity contribution in [2.24, 2.45) is 0 Å². The molecule has 2 N–H and O–H groups in total. The lowest BCUT2D eigenvalue weighted by molar-refractivity contribution is -0.0670. The lowest BCUT2D eigenvalue weighted by Crippen LogP contribution is -2.51. The van der Waals surface area contributed by atoms with E-state index in [9.17, 15) is 9.90 Å². The molecule has 1 aliphatic rings. The number of aliphatic hydroxyl groups is 1. The highest BCUT2D eigenvalue weighted by Gasteiger charge is 2.30. The van der Waals surface area contributed by atoms with Crippen LogP contribution in [0.15, 0.2) is 0 Å². The second-order valence-corrected chi connectivity index (χ2v) is 5.20. The lowest BCUT2D eigenvalue weighted by atomic mass is 10.0. The van der Waals surface area contributed by atoms with Gasteiger partial charge in [-0.1, -0.05) is 0 Å². The summed E-state index contributed by atoms with van der Waals surface area (Å²) in [5.74, 6) is 0. The maximum absolute atomic E-state index is 11.5. The van der Waals surface area contributed by atoms with Gasteiger partial charge in [0.2, 0.25) is 0 Å². The maximum Gasteiger partial charge on any atom is 0.407 e. The van der Waals surface area contributed by atoms with Crippen LogP contribution in [0.3, 0.4) is 0 Å². The van der Waals surface area contributed by atoms with E-state index in [-0.39, 0.29) is 18.8 Å². The summed E-state index contributed by atoms with van der Waals surface area (Å²) in [5, 5.41) is 12.3. The molecule has 0 radical (unpaired) electrons. The molecule has 1 fully saturated rings. The van der Waals surface area contributed by atoms with Crippen molar-refractivity contribution in [2.75, 3.05) is 6.61 Å². The first kappa shape index (κ1) is 13.3. The van der Waals surface area contributed by atoms with E-state index >= 15 is 0 Å². The number of nitrogens with one attached hydrogen (secondary N) is 1. The summed E-state index contributed by atoms with van der Waals surface area (Å²) in [5.41, 5.74) is -0.522. The van der Waals surface area contributed by atoms with Gasteiger partial charge in [0.15, 0.2) is 0 Å². The Morgan fingerprint density at radius 2 is 2.12 bits per heavy atom. The molecule has 1 heterocycles. The second kappa shape index (κ2) is 5.01. The number of alkyl carbamates (subject to hydrolysis) is 1. The topological polar surface area (TPSA) is 67.8 Å². The summed E-state index contributed by atoms with van der Waals surface area (Å²) in [7, 11) is 0. The van der Waals surface area contributed by atoms with Crippen molar-refractivity contribution in [2.45, 2.75) is 58.0 Å². The van der Waals surface area contributed by atoms with Crippen LogP contribution in [0.1, 0.15) is 34.1 Å². The lowest BCUT2D eigenvalue weighted by Gasteiger charge is -2.32. The van der Waals surface area contributed by atoms with E-state index in [0.29, 0.717) is 6.42 Å². The van der Waals surface area contributed by atoms with Gasteiger partial charge in [0, 0.05) is 0 Å². The van der Waals surface area contributed by atoms with Gasteiger partial charge < -0.3 is 19.9 Å². The van der Waals surface area contributed by atoms with Crippen LogP contribution < -0.4 is 5.32 Å². The molecule has 1 rings (SSSR count). The number of carbonyl (C=O) groups excluding carboxylic acids is 1. The molecule has 3 atom stereocenters. The zero-order valence-corrected chi connectivity index (χ0v) is 10.3. The first-order chi connectivity index (χ1) is 7.28. The van der Waals surface area contributed by atoms with Gasteiger partial charge in [-0.25, -0.2) is 4.79 Å². The minimum atomic E-state index is -0.663. The predicted octanol–water partition coefficient (Wildman–Crippen LogP) is 1.05. The van der Waals surface area contributed by atoms with E-state index in [0.717, 1.165) is 0 Å². The van der Waals surface area contributed by atoms with Crippen LogP contribution >= 0.6 is 0 Å². The minimum absolute atomic E-state index is 0.0448. The van der Waals surface area contributed by atoms with Gasteiger partial charge in [0.1, 0.15) is 5.60 Å². The number of amides is 1. The Labute approximate surface area is 96.1 Å². The Balaban J connectivity index is 2.43. The molecular formula is C11H21NO4. The van der Waals surface area contributed by atoms with E-state index < -0.39 is 17.8 Å². The van der Waals surface area contributed by atoms with E-state index in [1.165, 1.54) is 0 Å². The normalized spacial score (nSPS) is 30.9. The van der Waals surface area contributed by atoms with Crippen molar-refractivity contribution >= 4 is 6.09 Å². The number of hydrogen-bond acceptors (Lipinski definition) is 4. The molecule has 0 aromatic carbocycles. The first-order valence-electron chi connectivity index (χ1n) is 5.57. The smallest absolute Gasteiger partial charge is 0.407 e. The van der Waals surface area contributed by atoms with Gasteiger partial charge in [0.05, 0.1) is 24.9 Å². The van der Waals surface area contributed by atoms with Crippen LogP contribution in [-0.4, -0.2) is 41.7 Å². The predicted molar refractivity (Wildman–Crippen MR) is 59.2 cm³/mol. The third kappa shape index (κ3) is 4.37. The van der Waals surface area contributed by atoms with E-state index in [1.807, 2.05) is 6.92 Å². The summed E-state index contributed by atoms with van der Waals surface area (Å²) in [6, 6.07) is -0.293. The number of hydrogen-bond donors (Lipinski definition) is 2. The molecule has 5 nitrogen and oxygen atoms in total. The number of carbonyl (C=O) groups is 1. The van der Waals surface area contributed by atoms with Gasteiger partial charge in [-0.2, -0.15) is 0 Å². The van der Waals surface area contributed by atoms with Crippen LogP contribution in [0, 0.1) is 0 Å². The fourth-order valence-corrected chi connectivity index (χ4v) is 1.58. The SMILES string of the molecule is C[C@H]1C[C@@H](NC(=O)OC(C)(C)C)[C@@H](O)CO1. The molecule has 0 saturated carbocycles. The fourth-order valence-electron chi connectivity index (χ4n) is 1.58. The van der Waals surface area contributed by atoms with Gasteiger partial charge >= 0.3 is 6.09 Å². The molecule has 1 amide bonds. The van der Waals surface area contributed by atoms with Gasteiger partial charge in [0.25, 0.3) is 0 Å². The molecule has 16 heavy (non-hydrogen) atoms. The Morgan fingerprint density at radius 3 is 2.69 bits per heavy atom. The minimum Gasteiger partial charge on any atom is -0.444 e. The molecule has 5 heteroatoms. The molecule has 0 aromatic heterocycles. The standard InChI is InChI=1S/C11H21NO4/c1-7-5-8(9(13)6-15-7)12-10(14)16-11(2,3)4/h7-9,13H,5-6H2,1-4H3,(H,12,14)/t7-,8+,9-/m0/s1. The number of ether oxygens (including phenoxy) is 2. The maximum atomic E-state index is 11.5. The summed E-state index contributed by atoms with van der Waals surface area (Å²) in [6.45, 7) is 7.57. The van der Waals surface area contributed by atoms with Gasteiger partial charge in [-0.3, -0.25) is 0 Å². The van der Waals surface area contributed by atoms with Crippen LogP contribution in [0.4, 0.5) is 4.79 Å². The average molecular weight is 231 g/mol. The summed E-state index contributed by atoms with van der Waals surface area (Å²) >= 11 is 0. The molecule has 0 unspecified atom stereocenters. The molecule has 0 aromatic rings. The third-order valence-electron chi connectivity index (χ3n) is 2.30. The zero-order chi connectivity index (χ0) is 12.3. The monoisotopic (exact) mass is 231 g/mol. The Morgan fingerprint density at radius 1 is 1.50 bits per heavy atom. The summed E-state index contributed by atoms with van der Waals surface area (Å²) in [6.07, 6.45) is -0.516. The molecule has 94 valence electrons. The van der Waals surface area contributed by atoms with Gasteiger partial charge in [-0.05, 0) is 34.1 Å². The van der Waals surface area contributed by atoms with Crippen molar-refractivity contribution in [3.05, 3.63) is 0 Å². The summed E-state index contributed by atoms with van der Waals surface area (Å²) < 4.78 is 10.4. The molecule has 0 spiro atoms. The highest BCUT2D eigenvalue weighted by molar-refractivity contribution is 5.68. The Kier molecular flexibility index (Phi) is 4.15. The first-order valence-corrected chi connectivity index (χ1v) is 5.57. The number of aliphatic hydroxyl groups excluding tert-OH is 1. The van der Waals surface area contributed by atoms with E-state index in [2.05, 4.69) is 5.32 Å². The average Bonchev–Trinajstić information content (AvgIpc) is 2.08. The van der Waals surface area contributed by atoms with Crippen molar-refractivity contribution in [1.29, 1.82) is 0 Å². The van der Waals surface area contributed by atoms with Crippen molar-refractivity contribution < 1.29 is 19.4 Å². The van der Waals surface area contributed by atoms with Crippen LogP contribution in [0.2, 0.25) is 0 Å². The third-order valence-corrected chi connectivity index (χ3v) is 2.30. The highest BCUT2D eigenvalue weighted by Crippen LogP contribution is 2.15. The Bertz CT molecular complexity index is 249. The summed E-state index contributed by atoms with van der Waals surface area (Å²) in [4.78, 5) is 11.5. The Hall–Kier alpha value is -0.810. The van der Waals surface area contributed by atoms with Gasteiger partial charge in [-0.15, -0.1) is 0 Å². The fraction of sp³-hybridized carbons (Fsp3) is 0.909. The molecule has 0 bridgehead atoms. The van der Waals surface area contributed by atoms with Crippen molar-refractivity contribution in [3.8, 4) is 0 Å². The van der Waals surface area contributed by atoms with Crippen molar-refractivity contribution in [1.82, 2.24) is 5.32 Å². The number of rotatable bonds is 1. The highest BCUT2D eigenvalue weighted by atomic mass is 16.6. The molecular weight excluding hydrogens is 210 g/mol. The zero-order valence-electron chi connectivity index (χ0n) is 10.3. The van der Waals surface area contributed by atoms with Crippen LogP contribution in [0.25, 0.3) is 0 Å². The van der Waals surface area contributed by atoms with Crippen molar-refractivity contribution in [3.63, 3.8) is 0 Å². The largest absolute Gasteiger partial charge is 0.444 e. The van der Waals surface area contributed by atoms with Crippen LogP contribution in [0.5, 0.6) is 0 Å².